The number of pyridine rings is 2. The van der Waals surface area contributed by atoms with Crippen LogP contribution in [0.3, 0.4) is 0 Å². The Bertz CT molecular complexity index is 625. The van der Waals surface area contributed by atoms with Gasteiger partial charge in [0.1, 0.15) is 11.6 Å². The summed E-state index contributed by atoms with van der Waals surface area (Å²) in [7, 11) is 0. The van der Waals surface area contributed by atoms with Crippen LogP contribution in [0, 0.1) is 6.92 Å². The van der Waals surface area contributed by atoms with Crippen molar-refractivity contribution in [1.29, 1.82) is 0 Å². The van der Waals surface area contributed by atoms with E-state index in [0.29, 0.717) is 0 Å². The Hall–Kier alpha value is -2.68. The molecule has 22 heavy (non-hydrogen) atoms. The smallest absolute Gasteiger partial charge is 0.138 e. The van der Waals surface area contributed by atoms with Gasteiger partial charge in [0.2, 0.25) is 0 Å². The van der Waals surface area contributed by atoms with Gasteiger partial charge in [-0.05, 0) is 43.3 Å². The summed E-state index contributed by atoms with van der Waals surface area (Å²) < 4.78 is 0. The zero-order valence-electron chi connectivity index (χ0n) is 13.3. The molecule has 2 aromatic heterocycles. The second kappa shape index (κ2) is 7.93. The summed E-state index contributed by atoms with van der Waals surface area (Å²) in [6.45, 7) is 6.08. The van der Waals surface area contributed by atoms with E-state index in [4.69, 9.17) is 0 Å². The Balaban J connectivity index is 0.000000847. The van der Waals surface area contributed by atoms with Crippen LogP contribution in [0.2, 0.25) is 0 Å². The van der Waals surface area contributed by atoms with Crippen molar-refractivity contribution in [2.45, 2.75) is 20.8 Å². The molecule has 112 valence electrons. The molecule has 2 heterocycles. The van der Waals surface area contributed by atoms with E-state index in [2.05, 4.69) is 41.2 Å². The van der Waals surface area contributed by atoms with Crippen molar-refractivity contribution in [3.8, 4) is 0 Å². The Morgan fingerprint density at radius 1 is 0.682 bits per heavy atom. The third-order valence-electron chi connectivity index (χ3n) is 3.05. The van der Waals surface area contributed by atoms with Crippen molar-refractivity contribution in [2.24, 2.45) is 0 Å². The van der Waals surface area contributed by atoms with Gasteiger partial charge in [-0.15, -0.1) is 0 Å². The molecule has 3 rings (SSSR count). The Morgan fingerprint density at radius 3 is 1.59 bits per heavy atom. The standard InChI is InChI=1S/C17H15N3.C2H6/c1-14-8-10-15(11-9-14)20(16-6-2-4-12-18-16)17-7-3-5-13-19-17;1-2/h2-13H,1H3;1-2H3. The van der Waals surface area contributed by atoms with Gasteiger partial charge in [-0.1, -0.05) is 43.7 Å². The molecule has 0 N–H and O–H groups in total. The summed E-state index contributed by atoms with van der Waals surface area (Å²) in [5.74, 6) is 1.71. The number of aromatic nitrogens is 2. The molecule has 3 aromatic rings. The number of benzene rings is 1. The molecule has 0 unspecified atom stereocenters. The summed E-state index contributed by atoms with van der Waals surface area (Å²) in [5.41, 5.74) is 2.28. The molecule has 3 nitrogen and oxygen atoms in total. The van der Waals surface area contributed by atoms with E-state index in [9.17, 15) is 0 Å². The maximum atomic E-state index is 4.44. The lowest BCUT2D eigenvalue weighted by Crippen LogP contribution is -2.12. The highest BCUT2D eigenvalue weighted by molar-refractivity contribution is 5.71. The lowest BCUT2D eigenvalue weighted by molar-refractivity contribution is 1.12. The van der Waals surface area contributed by atoms with Gasteiger partial charge in [-0.3, -0.25) is 4.90 Å². The van der Waals surface area contributed by atoms with Crippen LogP contribution in [0.25, 0.3) is 0 Å². The van der Waals surface area contributed by atoms with Crippen molar-refractivity contribution in [1.82, 2.24) is 9.97 Å². The van der Waals surface area contributed by atoms with E-state index < -0.39 is 0 Å². The van der Waals surface area contributed by atoms with Crippen molar-refractivity contribution in [2.75, 3.05) is 4.90 Å². The maximum absolute atomic E-state index is 4.44. The number of hydrogen-bond donors (Lipinski definition) is 0. The molecule has 0 saturated carbocycles. The third kappa shape index (κ3) is 3.70. The Kier molecular flexibility index (Phi) is 5.66. The Labute approximate surface area is 132 Å². The highest BCUT2D eigenvalue weighted by atomic mass is 15.2. The van der Waals surface area contributed by atoms with E-state index in [1.807, 2.05) is 55.1 Å². The van der Waals surface area contributed by atoms with E-state index in [1.54, 1.807) is 12.4 Å². The second-order valence-corrected chi connectivity index (χ2v) is 4.55. The van der Waals surface area contributed by atoms with Crippen LogP contribution in [0.15, 0.2) is 73.1 Å². The summed E-state index contributed by atoms with van der Waals surface area (Å²) in [6, 6.07) is 20.1. The van der Waals surface area contributed by atoms with Gasteiger partial charge < -0.3 is 0 Å². The molecule has 0 radical (unpaired) electrons. The quantitative estimate of drug-likeness (QED) is 0.657. The number of nitrogens with zero attached hydrogens (tertiary/aromatic N) is 3. The largest absolute Gasteiger partial charge is 0.279 e. The number of rotatable bonds is 3. The summed E-state index contributed by atoms with van der Waals surface area (Å²) >= 11 is 0. The van der Waals surface area contributed by atoms with Crippen LogP contribution in [0.5, 0.6) is 0 Å². The molecule has 0 bridgehead atoms. The fraction of sp³-hybridized carbons (Fsp3) is 0.158. The van der Waals surface area contributed by atoms with Crippen LogP contribution in [0.1, 0.15) is 19.4 Å². The second-order valence-electron chi connectivity index (χ2n) is 4.55. The van der Waals surface area contributed by atoms with Gasteiger partial charge in [0.15, 0.2) is 0 Å². The summed E-state index contributed by atoms with van der Waals surface area (Å²) in [6.07, 6.45) is 3.58. The molecule has 0 amide bonds. The first-order chi connectivity index (χ1) is 10.8. The highest BCUT2D eigenvalue weighted by Gasteiger charge is 2.13. The molecule has 3 heteroatoms. The van der Waals surface area contributed by atoms with Gasteiger partial charge in [0.05, 0.1) is 0 Å². The van der Waals surface area contributed by atoms with Crippen LogP contribution < -0.4 is 4.90 Å². The molecular weight excluding hydrogens is 270 g/mol. The number of anilines is 3. The molecular formula is C19H21N3. The van der Waals surface area contributed by atoms with Crippen molar-refractivity contribution in [3.63, 3.8) is 0 Å². The zero-order valence-corrected chi connectivity index (χ0v) is 13.3. The zero-order chi connectivity index (χ0) is 15.8. The van der Waals surface area contributed by atoms with Gasteiger partial charge in [-0.25, -0.2) is 9.97 Å². The molecule has 0 aliphatic carbocycles. The highest BCUT2D eigenvalue weighted by Crippen LogP contribution is 2.31. The predicted molar refractivity (Wildman–Crippen MR) is 92.8 cm³/mol. The lowest BCUT2D eigenvalue weighted by atomic mass is 10.2. The SMILES string of the molecule is CC.Cc1ccc(N(c2ccccn2)c2ccccn2)cc1. The normalized spacial score (nSPS) is 9.59. The van der Waals surface area contributed by atoms with E-state index in [0.717, 1.165) is 17.3 Å². The molecule has 0 spiro atoms. The first-order valence-corrected chi connectivity index (χ1v) is 7.53. The molecule has 0 atom stereocenters. The number of hydrogen-bond acceptors (Lipinski definition) is 3. The molecule has 1 aromatic carbocycles. The third-order valence-corrected chi connectivity index (χ3v) is 3.05. The van der Waals surface area contributed by atoms with Gasteiger partial charge >= 0.3 is 0 Å². The van der Waals surface area contributed by atoms with Crippen LogP contribution in [0.4, 0.5) is 17.3 Å². The molecule has 0 aliphatic heterocycles. The topological polar surface area (TPSA) is 29.0 Å². The molecule has 0 aliphatic rings. The minimum atomic E-state index is 0.857. The minimum Gasteiger partial charge on any atom is -0.279 e. The average molecular weight is 291 g/mol. The van der Waals surface area contributed by atoms with Crippen LogP contribution >= 0.6 is 0 Å². The first kappa shape index (κ1) is 15.7. The van der Waals surface area contributed by atoms with E-state index >= 15 is 0 Å². The van der Waals surface area contributed by atoms with Crippen molar-refractivity contribution >= 4 is 17.3 Å². The van der Waals surface area contributed by atoms with Gasteiger partial charge in [0.25, 0.3) is 0 Å². The van der Waals surface area contributed by atoms with Crippen molar-refractivity contribution < 1.29 is 0 Å². The van der Waals surface area contributed by atoms with Crippen molar-refractivity contribution in [3.05, 3.63) is 78.6 Å². The predicted octanol–water partition coefficient (Wildman–Crippen LogP) is 5.28. The average Bonchev–Trinajstić information content (AvgIpc) is 2.61. The first-order valence-electron chi connectivity index (χ1n) is 7.53. The maximum Gasteiger partial charge on any atom is 0.138 e. The summed E-state index contributed by atoms with van der Waals surface area (Å²) in [4.78, 5) is 10.9. The van der Waals surface area contributed by atoms with Gasteiger partial charge in [-0.2, -0.15) is 0 Å². The monoisotopic (exact) mass is 291 g/mol. The molecule has 0 fully saturated rings. The Morgan fingerprint density at radius 2 is 1.18 bits per heavy atom. The van der Waals surface area contributed by atoms with Crippen LogP contribution in [-0.4, -0.2) is 9.97 Å². The van der Waals surface area contributed by atoms with E-state index in [-0.39, 0.29) is 0 Å². The summed E-state index contributed by atoms with van der Waals surface area (Å²) in [5, 5.41) is 0. The minimum absolute atomic E-state index is 0.857. The fourth-order valence-electron chi connectivity index (χ4n) is 2.05. The molecule has 0 saturated heterocycles. The number of aryl methyl sites for hydroxylation is 1. The fourth-order valence-corrected chi connectivity index (χ4v) is 2.05. The van der Waals surface area contributed by atoms with Crippen LogP contribution in [-0.2, 0) is 0 Å². The van der Waals surface area contributed by atoms with Gasteiger partial charge in [0, 0.05) is 18.1 Å². The lowest BCUT2D eigenvalue weighted by Gasteiger charge is -2.22. The van der Waals surface area contributed by atoms with E-state index in [1.165, 1.54) is 5.56 Å².